The summed E-state index contributed by atoms with van der Waals surface area (Å²) in [6, 6.07) is 19.3. The molecule has 5 rings (SSSR count). The summed E-state index contributed by atoms with van der Waals surface area (Å²) >= 11 is 1.25. The number of fused-ring (bicyclic) bond motifs is 3. The van der Waals surface area contributed by atoms with Crippen LogP contribution in [0.3, 0.4) is 0 Å². The number of nitrogens with zero attached hydrogens (tertiary/aromatic N) is 4. The van der Waals surface area contributed by atoms with Crippen molar-refractivity contribution in [3.05, 3.63) is 66.2 Å². The van der Waals surface area contributed by atoms with Crippen LogP contribution >= 0.6 is 11.8 Å². The van der Waals surface area contributed by atoms with Crippen molar-refractivity contribution in [3.8, 4) is 11.4 Å². The molecule has 3 aromatic carbocycles. The average molecular weight is 446 g/mol. The summed E-state index contributed by atoms with van der Waals surface area (Å²) in [4.78, 5) is 12.7. The van der Waals surface area contributed by atoms with Crippen LogP contribution in [-0.2, 0) is 4.79 Å². The van der Waals surface area contributed by atoms with E-state index in [9.17, 15) is 4.79 Å². The molecule has 0 aliphatic heterocycles. The van der Waals surface area contributed by atoms with Gasteiger partial charge in [0.05, 0.1) is 24.2 Å². The Bertz CT molecular complexity index is 1440. The standard InChI is InChI=1S/C23H19N5O3S/c1-14-6-5-7-15(10-14)28-23(25-26-27-28)32-13-22(29)24-18-12-20-17(11-21(18)30-2)16-8-3-4-9-19(16)31-20/h3-12H,13H2,1-2H3,(H,24,29). The van der Waals surface area contributed by atoms with Gasteiger partial charge in [-0.2, -0.15) is 4.68 Å². The normalized spacial score (nSPS) is 11.2. The number of hydrogen-bond acceptors (Lipinski definition) is 7. The minimum Gasteiger partial charge on any atom is -0.495 e. The Morgan fingerprint density at radius 1 is 1.09 bits per heavy atom. The molecule has 1 amide bonds. The van der Waals surface area contributed by atoms with Crippen molar-refractivity contribution in [1.29, 1.82) is 0 Å². The molecule has 1 N–H and O–H groups in total. The molecule has 2 aromatic heterocycles. The predicted molar refractivity (Wildman–Crippen MR) is 124 cm³/mol. The van der Waals surface area contributed by atoms with Crippen molar-refractivity contribution in [2.45, 2.75) is 12.1 Å². The molecule has 0 atom stereocenters. The van der Waals surface area contributed by atoms with Gasteiger partial charge >= 0.3 is 0 Å². The van der Waals surface area contributed by atoms with E-state index in [-0.39, 0.29) is 11.7 Å². The Hall–Kier alpha value is -3.85. The molecule has 0 aliphatic rings. The number of methoxy groups -OCH3 is 1. The number of carbonyl (C=O) groups excluding carboxylic acids is 1. The number of hydrogen-bond donors (Lipinski definition) is 1. The molecule has 0 aliphatic carbocycles. The van der Waals surface area contributed by atoms with Gasteiger partial charge in [0, 0.05) is 16.8 Å². The van der Waals surface area contributed by atoms with Crippen LogP contribution in [0.25, 0.3) is 27.6 Å². The summed E-state index contributed by atoms with van der Waals surface area (Å²) in [6.07, 6.45) is 0. The van der Waals surface area contributed by atoms with E-state index in [2.05, 4.69) is 20.8 Å². The minimum atomic E-state index is -0.206. The molecule has 0 saturated heterocycles. The summed E-state index contributed by atoms with van der Waals surface area (Å²) < 4.78 is 13.1. The van der Waals surface area contributed by atoms with Crippen LogP contribution in [0.5, 0.6) is 5.75 Å². The quantitative estimate of drug-likeness (QED) is 0.381. The number of furan rings is 1. The third-order valence-corrected chi connectivity index (χ3v) is 5.91. The first kappa shape index (κ1) is 20.1. The van der Waals surface area contributed by atoms with Crippen LogP contribution in [-0.4, -0.2) is 39.0 Å². The van der Waals surface area contributed by atoms with Gasteiger partial charge in [-0.1, -0.05) is 42.1 Å². The van der Waals surface area contributed by atoms with Crippen molar-refractivity contribution in [2.75, 3.05) is 18.2 Å². The number of nitrogens with one attached hydrogen (secondary N) is 1. The monoisotopic (exact) mass is 445 g/mol. The van der Waals surface area contributed by atoms with E-state index in [0.717, 1.165) is 27.6 Å². The minimum absolute atomic E-state index is 0.132. The van der Waals surface area contributed by atoms with E-state index in [1.165, 1.54) is 11.8 Å². The molecule has 0 bridgehead atoms. The van der Waals surface area contributed by atoms with Gasteiger partial charge in [-0.25, -0.2) is 0 Å². The summed E-state index contributed by atoms with van der Waals surface area (Å²) in [6.45, 7) is 2.00. The summed E-state index contributed by atoms with van der Waals surface area (Å²) in [5.41, 5.74) is 3.95. The second-order valence-electron chi connectivity index (χ2n) is 7.20. The third kappa shape index (κ3) is 3.78. The first-order valence-corrected chi connectivity index (χ1v) is 10.9. The Morgan fingerprint density at radius 3 is 2.81 bits per heavy atom. The van der Waals surface area contributed by atoms with Crippen molar-refractivity contribution in [2.24, 2.45) is 0 Å². The zero-order chi connectivity index (χ0) is 22.1. The first-order chi connectivity index (χ1) is 15.6. The number of thioether (sulfide) groups is 1. The van der Waals surface area contributed by atoms with Gasteiger partial charge in [-0.15, -0.1) is 5.10 Å². The van der Waals surface area contributed by atoms with Gasteiger partial charge in [0.1, 0.15) is 16.9 Å². The topological polar surface area (TPSA) is 95.1 Å². The molecule has 0 saturated carbocycles. The lowest BCUT2D eigenvalue weighted by Gasteiger charge is -2.10. The fraction of sp³-hybridized carbons (Fsp3) is 0.130. The molecule has 0 fully saturated rings. The molecule has 8 nitrogen and oxygen atoms in total. The lowest BCUT2D eigenvalue weighted by molar-refractivity contribution is -0.113. The van der Waals surface area contributed by atoms with Gasteiger partial charge in [0.2, 0.25) is 11.1 Å². The number of ether oxygens (including phenoxy) is 1. The summed E-state index contributed by atoms with van der Waals surface area (Å²) in [5, 5.41) is 17.2. The predicted octanol–water partition coefficient (Wildman–Crippen LogP) is 4.61. The Balaban J connectivity index is 1.35. The highest BCUT2D eigenvalue weighted by atomic mass is 32.2. The van der Waals surface area contributed by atoms with Crippen molar-refractivity contribution >= 4 is 45.3 Å². The maximum absolute atomic E-state index is 12.7. The summed E-state index contributed by atoms with van der Waals surface area (Å²) in [5.74, 6) is 0.489. The van der Waals surface area contributed by atoms with Crippen molar-refractivity contribution in [1.82, 2.24) is 20.2 Å². The van der Waals surface area contributed by atoms with Gasteiger partial charge in [0.25, 0.3) is 0 Å². The highest BCUT2D eigenvalue weighted by molar-refractivity contribution is 7.99. The Labute approximate surface area is 187 Å². The first-order valence-electron chi connectivity index (χ1n) is 9.90. The van der Waals surface area contributed by atoms with Gasteiger partial charge < -0.3 is 14.5 Å². The van der Waals surface area contributed by atoms with Gasteiger partial charge in [-0.05, 0) is 47.2 Å². The van der Waals surface area contributed by atoms with E-state index in [1.54, 1.807) is 17.9 Å². The molecule has 5 aromatic rings. The number of aromatic nitrogens is 4. The molecule has 9 heteroatoms. The largest absolute Gasteiger partial charge is 0.495 e. The smallest absolute Gasteiger partial charge is 0.234 e. The third-order valence-electron chi connectivity index (χ3n) is 4.99. The number of anilines is 1. The Morgan fingerprint density at radius 2 is 1.97 bits per heavy atom. The molecular formula is C23H19N5O3S. The molecule has 0 radical (unpaired) electrons. The van der Waals surface area contributed by atoms with Crippen molar-refractivity contribution < 1.29 is 13.9 Å². The highest BCUT2D eigenvalue weighted by Gasteiger charge is 2.16. The van der Waals surface area contributed by atoms with E-state index < -0.39 is 0 Å². The van der Waals surface area contributed by atoms with Crippen LogP contribution in [0.4, 0.5) is 5.69 Å². The molecule has 160 valence electrons. The SMILES string of the molecule is COc1cc2c(cc1NC(=O)CSc1nnnn1-c1cccc(C)c1)oc1ccccc12. The molecule has 2 heterocycles. The maximum Gasteiger partial charge on any atom is 0.234 e. The molecule has 32 heavy (non-hydrogen) atoms. The van der Waals surface area contributed by atoms with E-state index in [0.29, 0.717) is 22.2 Å². The maximum atomic E-state index is 12.7. The van der Waals surface area contributed by atoms with Gasteiger partial charge in [-0.3, -0.25) is 4.79 Å². The fourth-order valence-electron chi connectivity index (χ4n) is 3.53. The average Bonchev–Trinajstić information content (AvgIpc) is 3.41. The van der Waals surface area contributed by atoms with E-state index in [4.69, 9.17) is 9.15 Å². The number of carbonyl (C=O) groups is 1. The van der Waals surface area contributed by atoms with Crippen LogP contribution in [0.2, 0.25) is 0 Å². The van der Waals surface area contributed by atoms with Crippen molar-refractivity contribution in [3.63, 3.8) is 0 Å². The molecule has 0 unspecified atom stereocenters. The van der Waals surface area contributed by atoms with E-state index in [1.807, 2.05) is 61.5 Å². The fourth-order valence-corrected chi connectivity index (χ4v) is 4.22. The second kappa shape index (κ2) is 8.35. The second-order valence-corrected chi connectivity index (χ2v) is 8.14. The number of amides is 1. The van der Waals surface area contributed by atoms with E-state index >= 15 is 0 Å². The molecule has 0 spiro atoms. The zero-order valence-corrected chi connectivity index (χ0v) is 18.2. The van der Waals surface area contributed by atoms with Crippen LogP contribution in [0, 0.1) is 6.92 Å². The number of rotatable bonds is 6. The lowest BCUT2D eigenvalue weighted by atomic mass is 10.1. The number of benzene rings is 3. The highest BCUT2D eigenvalue weighted by Crippen LogP contribution is 2.36. The van der Waals surface area contributed by atoms with Gasteiger partial charge in [0.15, 0.2) is 0 Å². The number of tetrazole rings is 1. The molecular weight excluding hydrogens is 426 g/mol. The van der Waals surface area contributed by atoms with Crippen LogP contribution < -0.4 is 10.1 Å². The number of aryl methyl sites for hydroxylation is 1. The number of para-hydroxylation sites is 1. The van der Waals surface area contributed by atoms with Crippen LogP contribution in [0.15, 0.2) is 70.2 Å². The summed E-state index contributed by atoms with van der Waals surface area (Å²) in [7, 11) is 1.57. The van der Waals surface area contributed by atoms with Crippen LogP contribution in [0.1, 0.15) is 5.56 Å². The zero-order valence-electron chi connectivity index (χ0n) is 17.4. The Kier molecular flexibility index (Phi) is 5.24. The lowest BCUT2D eigenvalue weighted by Crippen LogP contribution is -2.15.